The largest absolute Gasteiger partial charge is 0.493 e. The van der Waals surface area contributed by atoms with Crippen LogP contribution < -0.4 is 19.5 Å². The van der Waals surface area contributed by atoms with Crippen molar-refractivity contribution >= 4 is 29.2 Å². The molecule has 0 spiro atoms. The van der Waals surface area contributed by atoms with Crippen LogP contribution in [-0.2, 0) is 20.7 Å². The number of esters is 1. The summed E-state index contributed by atoms with van der Waals surface area (Å²) in [5, 5.41) is 3.11. The fourth-order valence-electron chi connectivity index (χ4n) is 2.51. The molecule has 0 atom stereocenters. The molecule has 0 bridgehead atoms. The van der Waals surface area contributed by atoms with Gasteiger partial charge in [0.2, 0.25) is 5.75 Å². The van der Waals surface area contributed by atoms with E-state index in [1.807, 2.05) is 0 Å². The number of methoxy groups -OCH3 is 3. The van der Waals surface area contributed by atoms with Crippen molar-refractivity contribution in [1.82, 2.24) is 0 Å². The number of ether oxygens (including phenoxy) is 4. The minimum Gasteiger partial charge on any atom is -0.493 e. The van der Waals surface area contributed by atoms with E-state index < -0.39 is 11.9 Å². The standard InChI is InChI=1S/C20H22ClNO6/c1-25-16-9-13(10-17(26-2)20(16)27-3)7-8-19(24)28-12-18(23)22-15-6-4-5-14(21)11-15/h4-6,9-11H,7-8,12H2,1-3H3,(H,22,23). The highest BCUT2D eigenvalue weighted by Crippen LogP contribution is 2.38. The van der Waals surface area contributed by atoms with Gasteiger partial charge in [-0.2, -0.15) is 0 Å². The SMILES string of the molecule is COc1cc(CCC(=O)OCC(=O)Nc2cccc(Cl)c2)cc(OC)c1OC. The van der Waals surface area contributed by atoms with E-state index in [0.717, 1.165) is 5.56 Å². The van der Waals surface area contributed by atoms with Crippen molar-refractivity contribution in [3.63, 3.8) is 0 Å². The summed E-state index contributed by atoms with van der Waals surface area (Å²) < 4.78 is 20.9. The van der Waals surface area contributed by atoms with Crippen LogP contribution in [0.25, 0.3) is 0 Å². The molecular weight excluding hydrogens is 386 g/mol. The second-order valence-corrected chi connectivity index (χ2v) is 6.19. The molecule has 0 heterocycles. The molecule has 0 aliphatic rings. The quantitative estimate of drug-likeness (QED) is 0.641. The second-order valence-electron chi connectivity index (χ2n) is 5.75. The first-order valence-electron chi connectivity index (χ1n) is 8.46. The van der Waals surface area contributed by atoms with E-state index in [2.05, 4.69) is 5.32 Å². The third-order valence-corrected chi connectivity index (χ3v) is 4.05. The van der Waals surface area contributed by atoms with Gasteiger partial charge < -0.3 is 24.3 Å². The average molecular weight is 408 g/mol. The van der Waals surface area contributed by atoms with Gasteiger partial charge in [0.1, 0.15) is 0 Å². The molecule has 0 radical (unpaired) electrons. The number of hydrogen-bond donors (Lipinski definition) is 1. The minimum atomic E-state index is -0.491. The van der Waals surface area contributed by atoms with Crippen LogP contribution in [0.2, 0.25) is 5.02 Å². The number of anilines is 1. The molecule has 8 heteroatoms. The minimum absolute atomic E-state index is 0.100. The summed E-state index contributed by atoms with van der Waals surface area (Å²) in [4.78, 5) is 23.8. The highest BCUT2D eigenvalue weighted by Gasteiger charge is 2.14. The predicted octanol–water partition coefficient (Wildman–Crippen LogP) is 3.48. The van der Waals surface area contributed by atoms with E-state index in [-0.39, 0.29) is 13.0 Å². The van der Waals surface area contributed by atoms with Crippen molar-refractivity contribution in [3.05, 3.63) is 47.0 Å². The van der Waals surface area contributed by atoms with E-state index in [4.69, 9.17) is 30.5 Å². The van der Waals surface area contributed by atoms with Gasteiger partial charge in [0.15, 0.2) is 18.1 Å². The first-order valence-corrected chi connectivity index (χ1v) is 8.84. The molecule has 150 valence electrons. The number of carbonyl (C=O) groups is 2. The van der Waals surface area contributed by atoms with Crippen molar-refractivity contribution < 1.29 is 28.5 Å². The van der Waals surface area contributed by atoms with Gasteiger partial charge >= 0.3 is 5.97 Å². The lowest BCUT2D eigenvalue weighted by atomic mass is 10.1. The maximum absolute atomic E-state index is 11.9. The molecular formula is C20H22ClNO6. The topological polar surface area (TPSA) is 83.1 Å². The van der Waals surface area contributed by atoms with Gasteiger partial charge in [-0.3, -0.25) is 9.59 Å². The van der Waals surface area contributed by atoms with E-state index in [1.165, 1.54) is 21.3 Å². The Morgan fingerprint density at radius 3 is 2.25 bits per heavy atom. The molecule has 2 rings (SSSR count). The molecule has 0 saturated heterocycles. The van der Waals surface area contributed by atoms with Crippen LogP contribution in [0.15, 0.2) is 36.4 Å². The first-order chi connectivity index (χ1) is 13.5. The summed E-state index contributed by atoms with van der Waals surface area (Å²) in [5.74, 6) is 0.560. The van der Waals surface area contributed by atoms with Crippen LogP contribution in [0.4, 0.5) is 5.69 Å². The number of rotatable bonds is 9. The Balaban J connectivity index is 1.86. The van der Waals surface area contributed by atoms with E-state index in [0.29, 0.717) is 34.4 Å². The lowest BCUT2D eigenvalue weighted by molar-refractivity contribution is -0.147. The summed E-state index contributed by atoms with van der Waals surface area (Å²) in [6, 6.07) is 10.2. The van der Waals surface area contributed by atoms with Crippen LogP contribution in [-0.4, -0.2) is 39.8 Å². The third kappa shape index (κ3) is 6.06. The zero-order valence-corrected chi connectivity index (χ0v) is 16.7. The van der Waals surface area contributed by atoms with Gasteiger partial charge in [0, 0.05) is 17.1 Å². The molecule has 2 aromatic rings. The van der Waals surface area contributed by atoms with Crippen molar-refractivity contribution in [1.29, 1.82) is 0 Å². The molecule has 0 saturated carbocycles. The van der Waals surface area contributed by atoms with Crippen LogP contribution >= 0.6 is 11.6 Å². The normalized spacial score (nSPS) is 10.1. The maximum Gasteiger partial charge on any atom is 0.306 e. The van der Waals surface area contributed by atoms with Gasteiger partial charge in [-0.15, -0.1) is 0 Å². The number of halogens is 1. The number of amides is 1. The summed E-state index contributed by atoms with van der Waals surface area (Å²) in [7, 11) is 4.56. The van der Waals surface area contributed by atoms with E-state index in [9.17, 15) is 9.59 Å². The van der Waals surface area contributed by atoms with Gasteiger partial charge in [-0.25, -0.2) is 0 Å². The molecule has 0 aromatic heterocycles. The summed E-state index contributed by atoms with van der Waals surface area (Å²) >= 11 is 5.86. The summed E-state index contributed by atoms with van der Waals surface area (Å²) in [5.41, 5.74) is 1.35. The number of aryl methyl sites for hydroxylation is 1. The molecule has 0 aliphatic heterocycles. The number of hydrogen-bond acceptors (Lipinski definition) is 6. The van der Waals surface area contributed by atoms with Crippen molar-refractivity contribution in [2.45, 2.75) is 12.8 Å². The summed E-state index contributed by atoms with van der Waals surface area (Å²) in [6.07, 6.45) is 0.495. The monoisotopic (exact) mass is 407 g/mol. The Labute approximate surface area is 168 Å². The van der Waals surface area contributed by atoms with Crippen LogP contribution in [0.5, 0.6) is 17.2 Å². The van der Waals surface area contributed by atoms with Crippen LogP contribution in [0.3, 0.4) is 0 Å². The fourth-order valence-corrected chi connectivity index (χ4v) is 2.70. The molecule has 1 N–H and O–H groups in total. The van der Waals surface area contributed by atoms with Crippen molar-refractivity contribution in [2.24, 2.45) is 0 Å². The molecule has 7 nitrogen and oxygen atoms in total. The van der Waals surface area contributed by atoms with Crippen LogP contribution in [0.1, 0.15) is 12.0 Å². The predicted molar refractivity (Wildman–Crippen MR) is 105 cm³/mol. The average Bonchev–Trinajstić information content (AvgIpc) is 2.69. The zero-order valence-electron chi connectivity index (χ0n) is 15.9. The van der Waals surface area contributed by atoms with Crippen molar-refractivity contribution in [3.8, 4) is 17.2 Å². The third-order valence-electron chi connectivity index (χ3n) is 3.81. The number of benzene rings is 2. The first kappa shape index (κ1) is 21.4. The van der Waals surface area contributed by atoms with E-state index >= 15 is 0 Å². The summed E-state index contributed by atoms with van der Waals surface area (Å²) in [6.45, 7) is -0.374. The van der Waals surface area contributed by atoms with Crippen molar-refractivity contribution in [2.75, 3.05) is 33.3 Å². The van der Waals surface area contributed by atoms with Gasteiger partial charge in [-0.05, 0) is 42.3 Å². The highest BCUT2D eigenvalue weighted by atomic mass is 35.5. The Morgan fingerprint density at radius 2 is 1.68 bits per heavy atom. The highest BCUT2D eigenvalue weighted by molar-refractivity contribution is 6.30. The Bertz CT molecular complexity index is 814. The van der Waals surface area contributed by atoms with Gasteiger partial charge in [0.05, 0.1) is 21.3 Å². The Hall–Kier alpha value is -2.93. The van der Waals surface area contributed by atoms with E-state index in [1.54, 1.807) is 36.4 Å². The second kappa shape index (κ2) is 10.4. The molecule has 0 unspecified atom stereocenters. The number of carbonyl (C=O) groups excluding carboxylic acids is 2. The molecule has 0 aliphatic carbocycles. The Kier molecular flexibility index (Phi) is 7.95. The lowest BCUT2D eigenvalue weighted by Crippen LogP contribution is -2.21. The molecule has 28 heavy (non-hydrogen) atoms. The molecule has 2 aromatic carbocycles. The Morgan fingerprint density at radius 1 is 1.00 bits per heavy atom. The molecule has 0 fully saturated rings. The zero-order chi connectivity index (χ0) is 20.5. The maximum atomic E-state index is 11.9. The smallest absolute Gasteiger partial charge is 0.306 e. The number of nitrogens with one attached hydrogen (secondary N) is 1. The van der Waals surface area contributed by atoms with Crippen LogP contribution in [0, 0.1) is 0 Å². The fraction of sp³-hybridized carbons (Fsp3) is 0.300. The lowest BCUT2D eigenvalue weighted by Gasteiger charge is -2.14. The van der Waals surface area contributed by atoms with Gasteiger partial charge in [0.25, 0.3) is 5.91 Å². The molecule has 1 amide bonds. The van der Waals surface area contributed by atoms with Gasteiger partial charge in [-0.1, -0.05) is 17.7 Å².